The van der Waals surface area contributed by atoms with E-state index in [9.17, 15) is 4.79 Å². The lowest BCUT2D eigenvalue weighted by molar-refractivity contribution is -0.144. The Labute approximate surface area is 79.9 Å². The van der Waals surface area contributed by atoms with Crippen molar-refractivity contribution in [3.05, 3.63) is 35.9 Å². The van der Waals surface area contributed by atoms with Crippen LogP contribution in [-0.2, 0) is 16.1 Å². The van der Waals surface area contributed by atoms with Crippen molar-refractivity contribution in [2.45, 2.75) is 26.3 Å². The highest BCUT2D eigenvalue weighted by molar-refractivity contribution is 5.69. The van der Waals surface area contributed by atoms with E-state index >= 15 is 0 Å². The molecule has 1 rings (SSSR count). The first-order chi connectivity index (χ1) is 6.74. The second-order valence-corrected chi connectivity index (χ2v) is 2.71. The molecule has 0 aromatic heterocycles. The quantitative estimate of drug-likeness (QED) is 0.664. The Morgan fingerprint density at radius 1 is 1.46 bits per heavy atom. The van der Waals surface area contributed by atoms with Gasteiger partial charge in [0.1, 0.15) is 6.61 Å². The second-order valence-electron chi connectivity index (χ2n) is 2.71. The van der Waals surface area contributed by atoms with Gasteiger partial charge in [-0.05, 0) is 12.0 Å². The van der Waals surface area contributed by atoms with Crippen LogP contribution in [0.2, 0.25) is 0 Å². The second kappa shape index (κ2) is 5.36. The molecule has 0 saturated carbocycles. The molecule has 1 aromatic carbocycles. The summed E-state index contributed by atoms with van der Waals surface area (Å²) in [5.74, 6) is -0.448. The maximum absolute atomic E-state index is 11.1. The van der Waals surface area contributed by atoms with Crippen LogP contribution < -0.4 is 0 Å². The molecule has 0 saturated heterocycles. The first-order valence-electron chi connectivity index (χ1n) is 4.94. The van der Waals surface area contributed by atoms with Gasteiger partial charge in [0.05, 0.1) is 0 Å². The van der Waals surface area contributed by atoms with Crippen LogP contribution in [0.25, 0.3) is 0 Å². The monoisotopic (exact) mass is 179 g/mol. The molecule has 70 valence electrons. The predicted octanol–water partition coefficient (Wildman–Crippen LogP) is 2.53. The van der Waals surface area contributed by atoms with E-state index in [4.69, 9.17) is 6.11 Å². The molecular formula is C11H14O2. The fraction of sp³-hybridized carbons (Fsp3) is 0.364. The van der Waals surface area contributed by atoms with E-state index in [2.05, 4.69) is 0 Å². The summed E-state index contributed by atoms with van der Waals surface area (Å²) in [5, 5.41) is 0. The van der Waals surface area contributed by atoms with E-state index in [0.717, 1.165) is 5.56 Å². The van der Waals surface area contributed by atoms with E-state index in [1.165, 1.54) is 0 Å². The zero-order valence-electron chi connectivity index (χ0n) is 8.69. The summed E-state index contributed by atoms with van der Waals surface area (Å²) in [6, 6.07) is 9.46. The van der Waals surface area contributed by atoms with E-state index in [1.807, 2.05) is 30.3 Å². The van der Waals surface area contributed by atoms with Crippen LogP contribution in [0.4, 0.5) is 0 Å². The number of benzene rings is 1. The van der Waals surface area contributed by atoms with Crippen LogP contribution in [0.15, 0.2) is 30.3 Å². The summed E-state index contributed by atoms with van der Waals surface area (Å²) in [6.45, 7) is 2.05. The largest absolute Gasteiger partial charge is 0.461 e. The molecule has 0 aliphatic rings. The molecule has 0 aliphatic heterocycles. The van der Waals surface area contributed by atoms with Crippen molar-refractivity contribution < 1.29 is 10.9 Å². The average Bonchev–Trinajstić information content (AvgIpc) is 2.26. The summed E-state index contributed by atoms with van der Waals surface area (Å²) in [7, 11) is 0. The number of esters is 1. The van der Waals surface area contributed by atoms with Gasteiger partial charge < -0.3 is 4.74 Å². The minimum absolute atomic E-state index is 0.259. The van der Waals surface area contributed by atoms with Crippen LogP contribution in [0, 0.1) is 0 Å². The number of ether oxygens (including phenoxy) is 1. The predicted molar refractivity (Wildman–Crippen MR) is 51.1 cm³/mol. The fourth-order valence-corrected chi connectivity index (χ4v) is 0.954. The van der Waals surface area contributed by atoms with Gasteiger partial charge in [-0.1, -0.05) is 37.3 Å². The summed E-state index contributed by atoms with van der Waals surface area (Å²) in [5.41, 5.74) is 0.948. The minimum Gasteiger partial charge on any atom is -0.461 e. The lowest BCUT2D eigenvalue weighted by Crippen LogP contribution is -2.03. The Morgan fingerprint density at radius 3 is 2.77 bits per heavy atom. The van der Waals surface area contributed by atoms with Gasteiger partial charge in [-0.25, -0.2) is 0 Å². The summed E-state index contributed by atoms with van der Waals surface area (Å²) in [4.78, 5) is 11.1. The zero-order chi connectivity index (χ0) is 10.4. The van der Waals surface area contributed by atoms with Crippen LogP contribution in [0.5, 0.6) is 0 Å². The van der Waals surface area contributed by atoms with Crippen molar-refractivity contribution in [2.75, 3.05) is 0 Å². The number of carbonyl (C=O) groups is 1. The average molecular weight is 179 g/mol. The van der Waals surface area contributed by atoms with Gasteiger partial charge in [0, 0.05) is 7.77 Å². The van der Waals surface area contributed by atoms with Crippen LogP contribution >= 0.6 is 0 Å². The fourth-order valence-electron chi connectivity index (χ4n) is 0.954. The molecule has 1 aromatic rings. The number of hydrogen-bond acceptors (Lipinski definition) is 2. The van der Waals surface area contributed by atoms with Crippen LogP contribution in [0.1, 0.15) is 26.7 Å². The third-order valence-corrected chi connectivity index (χ3v) is 1.59. The summed E-state index contributed by atoms with van der Waals surface area (Å²) < 4.78 is 12.3. The smallest absolute Gasteiger partial charge is 0.306 e. The summed E-state index contributed by atoms with van der Waals surface area (Å²) >= 11 is 0. The van der Waals surface area contributed by atoms with Crippen molar-refractivity contribution in [3.63, 3.8) is 0 Å². The van der Waals surface area contributed by atoms with Gasteiger partial charge in [0.2, 0.25) is 0 Å². The third kappa shape index (κ3) is 3.74. The Balaban J connectivity index is 2.38. The lowest BCUT2D eigenvalue weighted by atomic mass is 10.2. The van der Waals surface area contributed by atoms with Gasteiger partial charge in [-0.2, -0.15) is 0 Å². The first kappa shape index (κ1) is 8.30. The molecule has 2 nitrogen and oxygen atoms in total. The van der Waals surface area contributed by atoms with E-state index in [1.54, 1.807) is 6.92 Å². The molecule has 0 N–H and O–H groups in total. The molecule has 1 atom stereocenters. The van der Waals surface area contributed by atoms with Crippen LogP contribution in [-0.4, -0.2) is 5.97 Å². The van der Waals surface area contributed by atoms with Crippen molar-refractivity contribution >= 4 is 5.97 Å². The molecular weight excluding hydrogens is 164 g/mol. The van der Waals surface area contributed by atoms with Gasteiger partial charge in [0.15, 0.2) is 0 Å². The topological polar surface area (TPSA) is 26.3 Å². The van der Waals surface area contributed by atoms with Gasteiger partial charge in [-0.15, -0.1) is 0 Å². The third-order valence-electron chi connectivity index (χ3n) is 1.59. The molecule has 0 spiro atoms. The van der Waals surface area contributed by atoms with Crippen molar-refractivity contribution in [2.24, 2.45) is 0 Å². The van der Waals surface area contributed by atoms with E-state index in [0.29, 0.717) is 6.42 Å². The highest BCUT2D eigenvalue weighted by Gasteiger charge is 2.00. The molecule has 0 fully saturated rings. The first-order valence-corrected chi connectivity index (χ1v) is 4.37. The molecule has 1 unspecified atom stereocenters. The Morgan fingerprint density at radius 2 is 2.15 bits per heavy atom. The van der Waals surface area contributed by atoms with E-state index < -0.39 is 12.4 Å². The maximum atomic E-state index is 11.1. The maximum Gasteiger partial charge on any atom is 0.306 e. The van der Waals surface area contributed by atoms with Crippen molar-refractivity contribution in [3.8, 4) is 0 Å². The number of carbonyl (C=O) groups excluding carboxylic acids is 1. The Hall–Kier alpha value is -1.31. The van der Waals surface area contributed by atoms with Crippen LogP contribution in [0.3, 0.4) is 0 Å². The number of hydrogen-bond donors (Lipinski definition) is 0. The highest BCUT2D eigenvalue weighted by Crippen LogP contribution is 2.02. The molecule has 0 aliphatic carbocycles. The Kier molecular flexibility index (Phi) is 3.42. The normalized spacial score (nSPS) is 13.2. The summed E-state index contributed by atoms with van der Waals surface area (Å²) in [6.07, 6.45) is -0.258. The SMILES string of the molecule is [2H]C(CC)C(=O)OCc1ccccc1. The molecule has 0 amide bonds. The minimum atomic E-state index is -0.751. The molecule has 13 heavy (non-hydrogen) atoms. The van der Waals surface area contributed by atoms with Crippen molar-refractivity contribution in [1.82, 2.24) is 0 Å². The molecule has 2 heteroatoms. The Bertz CT molecular complexity index is 285. The molecule has 0 bridgehead atoms. The van der Waals surface area contributed by atoms with Gasteiger partial charge in [0.25, 0.3) is 0 Å². The van der Waals surface area contributed by atoms with Crippen molar-refractivity contribution in [1.29, 1.82) is 0 Å². The standard InChI is InChI=1S/C11H14O2/c1-2-6-11(12)13-9-10-7-4-3-5-8-10/h3-5,7-8H,2,6,9H2,1H3/i6D. The zero-order valence-corrected chi connectivity index (χ0v) is 7.69. The lowest BCUT2D eigenvalue weighted by Gasteiger charge is -2.02. The van der Waals surface area contributed by atoms with E-state index in [-0.39, 0.29) is 6.61 Å². The van der Waals surface area contributed by atoms with Gasteiger partial charge in [-0.3, -0.25) is 4.79 Å². The number of rotatable bonds is 4. The highest BCUT2D eigenvalue weighted by atomic mass is 16.5. The van der Waals surface area contributed by atoms with Gasteiger partial charge >= 0.3 is 5.97 Å². The molecule has 0 radical (unpaired) electrons. The molecule has 0 heterocycles.